The number of anilines is 1. The van der Waals surface area contributed by atoms with Crippen LogP contribution in [0, 0.1) is 0 Å². The van der Waals surface area contributed by atoms with Crippen molar-refractivity contribution in [3.05, 3.63) is 42.2 Å². The monoisotopic (exact) mass is 397 g/mol. The average Bonchev–Trinajstić information content (AvgIpc) is 3.41. The molecule has 0 aromatic carbocycles. The van der Waals surface area contributed by atoms with Crippen LogP contribution < -0.4 is 4.90 Å². The van der Waals surface area contributed by atoms with Gasteiger partial charge in [0.05, 0.1) is 24.7 Å². The number of methoxy groups -OCH3 is 1. The van der Waals surface area contributed by atoms with E-state index in [9.17, 15) is 4.79 Å². The molecule has 0 radical (unpaired) electrons. The number of rotatable bonds is 6. The molecular formula is C21H27N5O3. The molecule has 0 unspecified atom stereocenters. The molecule has 3 aromatic heterocycles. The number of fused-ring (bicyclic) bond motifs is 1. The van der Waals surface area contributed by atoms with Crippen LogP contribution in [0.4, 0.5) is 5.82 Å². The average molecular weight is 397 g/mol. The Labute approximate surface area is 170 Å². The minimum absolute atomic E-state index is 0.0384. The molecule has 1 aliphatic heterocycles. The topological polar surface area (TPSA) is 76.6 Å². The Hall–Kier alpha value is -2.87. The Kier molecular flexibility index (Phi) is 5.53. The predicted octanol–water partition coefficient (Wildman–Crippen LogP) is 2.66. The minimum Gasteiger partial charge on any atom is -0.459 e. The molecule has 4 rings (SSSR count). The Morgan fingerprint density at radius 2 is 2.17 bits per heavy atom. The molecule has 0 atom stereocenters. The van der Waals surface area contributed by atoms with Crippen molar-refractivity contribution in [2.24, 2.45) is 7.05 Å². The Balaban J connectivity index is 1.55. The maximum Gasteiger partial charge on any atom is 0.289 e. The van der Waals surface area contributed by atoms with E-state index in [1.54, 1.807) is 19.2 Å². The van der Waals surface area contributed by atoms with Crippen LogP contribution in [0.15, 0.2) is 35.2 Å². The van der Waals surface area contributed by atoms with E-state index in [0.29, 0.717) is 31.4 Å². The van der Waals surface area contributed by atoms with Gasteiger partial charge in [-0.2, -0.15) is 0 Å². The molecule has 154 valence electrons. The number of ether oxygens (including phenoxy) is 1. The summed E-state index contributed by atoms with van der Waals surface area (Å²) < 4.78 is 12.5. The molecule has 0 bridgehead atoms. The zero-order valence-electron chi connectivity index (χ0n) is 17.2. The van der Waals surface area contributed by atoms with Crippen LogP contribution in [0.3, 0.4) is 0 Å². The number of imidazole rings is 1. The first-order chi connectivity index (χ1) is 14.1. The third-order valence-corrected chi connectivity index (χ3v) is 5.64. The van der Waals surface area contributed by atoms with Crippen LogP contribution in [0.1, 0.15) is 35.0 Å². The number of hydrogen-bond acceptors (Lipinski definition) is 6. The van der Waals surface area contributed by atoms with Gasteiger partial charge in [-0.3, -0.25) is 4.79 Å². The van der Waals surface area contributed by atoms with Crippen molar-refractivity contribution < 1.29 is 13.9 Å². The summed E-state index contributed by atoms with van der Waals surface area (Å²) in [6.45, 7) is 2.77. The lowest BCUT2D eigenvalue weighted by Gasteiger charge is -2.31. The molecule has 1 aliphatic rings. The van der Waals surface area contributed by atoms with Crippen molar-refractivity contribution in [3.63, 3.8) is 0 Å². The zero-order valence-corrected chi connectivity index (χ0v) is 17.2. The number of likely N-dealkylation sites (N-methyl/N-ethyl adjacent to an activating group) is 1. The lowest BCUT2D eigenvalue weighted by Crippen LogP contribution is -2.38. The van der Waals surface area contributed by atoms with Gasteiger partial charge >= 0.3 is 0 Å². The number of hydrogen-bond donors (Lipinski definition) is 0. The van der Waals surface area contributed by atoms with Gasteiger partial charge in [0.25, 0.3) is 5.91 Å². The van der Waals surface area contributed by atoms with Gasteiger partial charge < -0.3 is 23.5 Å². The highest BCUT2D eigenvalue weighted by Gasteiger charge is 2.27. The van der Waals surface area contributed by atoms with Crippen LogP contribution in [0.5, 0.6) is 0 Å². The summed E-state index contributed by atoms with van der Waals surface area (Å²) in [5.74, 6) is 1.55. The number of piperidine rings is 1. The molecule has 1 saturated heterocycles. The summed E-state index contributed by atoms with van der Waals surface area (Å²) in [4.78, 5) is 26.0. The van der Waals surface area contributed by atoms with Crippen LogP contribution in [0.25, 0.3) is 11.0 Å². The predicted molar refractivity (Wildman–Crippen MR) is 110 cm³/mol. The molecule has 0 aliphatic carbocycles. The Morgan fingerprint density at radius 1 is 1.38 bits per heavy atom. The van der Waals surface area contributed by atoms with Crippen molar-refractivity contribution in [2.75, 3.05) is 45.3 Å². The first-order valence-corrected chi connectivity index (χ1v) is 9.93. The number of pyridine rings is 1. The third-order valence-electron chi connectivity index (χ3n) is 5.64. The molecular weight excluding hydrogens is 370 g/mol. The molecule has 4 heterocycles. The molecule has 1 fully saturated rings. The van der Waals surface area contributed by atoms with Crippen molar-refractivity contribution in [1.29, 1.82) is 0 Å². The number of carbonyl (C=O) groups is 1. The summed E-state index contributed by atoms with van der Waals surface area (Å²) in [6.07, 6.45) is 5.12. The smallest absolute Gasteiger partial charge is 0.289 e. The van der Waals surface area contributed by atoms with Crippen LogP contribution >= 0.6 is 0 Å². The first-order valence-electron chi connectivity index (χ1n) is 9.93. The van der Waals surface area contributed by atoms with E-state index in [1.165, 1.54) is 6.26 Å². The fourth-order valence-electron chi connectivity index (χ4n) is 3.87. The second-order valence-electron chi connectivity index (χ2n) is 7.55. The number of furan rings is 1. The van der Waals surface area contributed by atoms with E-state index in [1.807, 2.05) is 29.9 Å². The van der Waals surface area contributed by atoms with Gasteiger partial charge in [0.15, 0.2) is 11.6 Å². The number of carbonyl (C=O) groups excluding carboxylic acids is 1. The molecule has 1 amide bonds. The molecule has 8 nitrogen and oxygen atoms in total. The minimum atomic E-state index is -0.0384. The first kappa shape index (κ1) is 19.4. The number of aromatic nitrogens is 3. The van der Waals surface area contributed by atoms with Gasteiger partial charge in [0.1, 0.15) is 5.52 Å². The SMILES string of the molecule is COCCN(C)c1nc(C2CCN(C(=O)c3ccco3)CC2)cc2c1ncn2C. The normalized spacial score (nSPS) is 15.2. The number of likely N-dealkylation sites (tertiary alicyclic amines) is 1. The Morgan fingerprint density at radius 3 is 2.86 bits per heavy atom. The molecule has 0 saturated carbocycles. The van der Waals surface area contributed by atoms with Crippen LogP contribution in [0.2, 0.25) is 0 Å². The van der Waals surface area contributed by atoms with Crippen molar-refractivity contribution in [2.45, 2.75) is 18.8 Å². The summed E-state index contributed by atoms with van der Waals surface area (Å²) in [6, 6.07) is 5.60. The van der Waals surface area contributed by atoms with E-state index < -0.39 is 0 Å². The summed E-state index contributed by atoms with van der Waals surface area (Å²) in [7, 11) is 5.72. The van der Waals surface area contributed by atoms with Gasteiger partial charge in [-0.05, 0) is 31.0 Å². The third kappa shape index (κ3) is 3.85. The van der Waals surface area contributed by atoms with Gasteiger partial charge in [-0.15, -0.1) is 0 Å². The van der Waals surface area contributed by atoms with E-state index >= 15 is 0 Å². The van der Waals surface area contributed by atoms with Crippen LogP contribution in [-0.4, -0.2) is 65.7 Å². The van der Waals surface area contributed by atoms with Gasteiger partial charge in [0, 0.05) is 52.5 Å². The van der Waals surface area contributed by atoms with Crippen molar-refractivity contribution >= 4 is 22.8 Å². The highest BCUT2D eigenvalue weighted by Crippen LogP contribution is 2.32. The van der Waals surface area contributed by atoms with E-state index in [0.717, 1.165) is 41.9 Å². The quantitative estimate of drug-likeness (QED) is 0.636. The number of nitrogens with zero attached hydrogens (tertiary/aromatic N) is 5. The summed E-state index contributed by atoms with van der Waals surface area (Å²) in [5.41, 5.74) is 3.04. The highest BCUT2D eigenvalue weighted by atomic mass is 16.5. The molecule has 3 aromatic rings. The molecule has 29 heavy (non-hydrogen) atoms. The lowest BCUT2D eigenvalue weighted by molar-refractivity contribution is 0.0680. The highest BCUT2D eigenvalue weighted by molar-refractivity contribution is 5.91. The van der Waals surface area contributed by atoms with Crippen LogP contribution in [-0.2, 0) is 11.8 Å². The van der Waals surface area contributed by atoms with E-state index in [2.05, 4.69) is 16.0 Å². The van der Waals surface area contributed by atoms with Gasteiger partial charge in [-0.1, -0.05) is 0 Å². The zero-order chi connectivity index (χ0) is 20.4. The van der Waals surface area contributed by atoms with Gasteiger partial charge in [0.2, 0.25) is 0 Å². The summed E-state index contributed by atoms with van der Waals surface area (Å²) in [5, 5.41) is 0. The van der Waals surface area contributed by atoms with Crippen molar-refractivity contribution in [1.82, 2.24) is 19.4 Å². The lowest BCUT2D eigenvalue weighted by atomic mass is 9.92. The number of aryl methyl sites for hydroxylation is 1. The second kappa shape index (κ2) is 8.24. The fraction of sp³-hybridized carbons (Fsp3) is 0.476. The summed E-state index contributed by atoms with van der Waals surface area (Å²) >= 11 is 0. The van der Waals surface area contributed by atoms with Crippen molar-refractivity contribution in [3.8, 4) is 0 Å². The number of amides is 1. The van der Waals surface area contributed by atoms with Gasteiger partial charge in [-0.25, -0.2) is 9.97 Å². The maximum atomic E-state index is 12.5. The molecule has 8 heteroatoms. The van der Waals surface area contributed by atoms with E-state index in [4.69, 9.17) is 14.1 Å². The second-order valence-corrected chi connectivity index (χ2v) is 7.55. The largest absolute Gasteiger partial charge is 0.459 e. The van der Waals surface area contributed by atoms with E-state index in [-0.39, 0.29) is 5.91 Å². The fourth-order valence-corrected chi connectivity index (χ4v) is 3.87. The molecule has 0 spiro atoms. The maximum absolute atomic E-state index is 12.5. The standard InChI is InChI=1S/C21H27N5O3/c1-24(10-12-28-3)20-19-17(25(2)14-22-19)13-16(23-20)15-6-8-26(9-7-15)21(27)18-5-4-11-29-18/h4-5,11,13-15H,6-10,12H2,1-3H3. The molecule has 0 N–H and O–H groups in total. The Bertz CT molecular complexity index is 974.